The van der Waals surface area contributed by atoms with E-state index < -0.39 is 0 Å². The average Bonchev–Trinajstić information content (AvgIpc) is 2.43. The predicted octanol–water partition coefficient (Wildman–Crippen LogP) is 3.17. The second-order valence-electron chi connectivity index (χ2n) is 3.90. The van der Waals surface area contributed by atoms with Crippen LogP contribution in [0.25, 0.3) is 6.08 Å². The molecular formula is C16H18O3. The Morgan fingerprint density at radius 1 is 1.11 bits per heavy atom. The maximum Gasteiger partial charge on any atom is 0.306 e. The van der Waals surface area contributed by atoms with Gasteiger partial charge in [-0.25, -0.2) is 0 Å². The summed E-state index contributed by atoms with van der Waals surface area (Å²) < 4.78 is 4.75. The van der Waals surface area contributed by atoms with Crippen molar-refractivity contribution in [3.63, 3.8) is 0 Å². The minimum atomic E-state index is -0.330. The third-order valence-electron chi connectivity index (χ3n) is 2.36. The first-order valence-corrected chi connectivity index (χ1v) is 6.30. The summed E-state index contributed by atoms with van der Waals surface area (Å²) in [5.74, 6) is -0.408. The van der Waals surface area contributed by atoms with E-state index in [2.05, 4.69) is 0 Å². The topological polar surface area (TPSA) is 43.4 Å². The Kier molecular flexibility index (Phi) is 6.95. The van der Waals surface area contributed by atoms with Crippen LogP contribution >= 0.6 is 0 Å². The van der Waals surface area contributed by atoms with E-state index in [1.54, 1.807) is 19.1 Å². The molecule has 0 saturated heterocycles. The molecule has 0 aliphatic carbocycles. The van der Waals surface area contributed by atoms with Crippen molar-refractivity contribution in [2.45, 2.75) is 19.8 Å². The maximum absolute atomic E-state index is 11.4. The monoisotopic (exact) mass is 258 g/mol. The smallest absolute Gasteiger partial charge is 0.306 e. The molecule has 0 amide bonds. The van der Waals surface area contributed by atoms with Crippen molar-refractivity contribution in [3.05, 3.63) is 54.1 Å². The summed E-state index contributed by atoms with van der Waals surface area (Å²) in [6, 6.07) is 9.81. The third kappa shape index (κ3) is 6.99. The molecule has 1 aromatic rings. The van der Waals surface area contributed by atoms with E-state index in [4.69, 9.17) is 4.74 Å². The lowest BCUT2D eigenvalue weighted by Crippen LogP contribution is -2.06. The van der Waals surface area contributed by atoms with Gasteiger partial charge in [0.2, 0.25) is 0 Å². The van der Waals surface area contributed by atoms with Crippen molar-refractivity contribution in [3.8, 4) is 0 Å². The van der Waals surface area contributed by atoms with E-state index in [0.717, 1.165) is 5.56 Å². The molecule has 3 nitrogen and oxygen atoms in total. The Hall–Kier alpha value is -2.16. The Bertz CT molecular complexity index is 458. The van der Waals surface area contributed by atoms with Crippen LogP contribution in [0.3, 0.4) is 0 Å². The normalized spacial score (nSPS) is 11.0. The Labute approximate surface area is 113 Å². The molecule has 0 atom stereocenters. The molecule has 0 bridgehead atoms. The van der Waals surface area contributed by atoms with Crippen LogP contribution in [0.5, 0.6) is 0 Å². The van der Waals surface area contributed by atoms with E-state index in [-0.39, 0.29) is 24.6 Å². The van der Waals surface area contributed by atoms with E-state index in [0.29, 0.717) is 6.61 Å². The summed E-state index contributed by atoms with van der Waals surface area (Å²) in [5.41, 5.74) is 1.08. The molecule has 0 N–H and O–H groups in total. The first-order chi connectivity index (χ1) is 9.22. The number of hydrogen-bond donors (Lipinski definition) is 0. The van der Waals surface area contributed by atoms with Crippen LogP contribution in [0.15, 0.2) is 48.6 Å². The van der Waals surface area contributed by atoms with Crippen LogP contribution in [0.1, 0.15) is 25.3 Å². The highest BCUT2D eigenvalue weighted by Crippen LogP contribution is 2.01. The third-order valence-corrected chi connectivity index (χ3v) is 2.36. The zero-order valence-electron chi connectivity index (χ0n) is 11.0. The standard InChI is InChI=1S/C16H18O3/c1-2-19-16(18)13-12-15(17)11-7-6-10-14-8-4-3-5-9-14/h3-11H,2,12-13H2,1H3/b10-6+,11-7+. The molecule has 0 saturated carbocycles. The highest BCUT2D eigenvalue weighted by molar-refractivity contribution is 5.92. The fourth-order valence-corrected chi connectivity index (χ4v) is 1.44. The van der Waals surface area contributed by atoms with Crippen LogP contribution in [0.2, 0.25) is 0 Å². The number of esters is 1. The van der Waals surface area contributed by atoms with Crippen molar-refractivity contribution >= 4 is 17.8 Å². The van der Waals surface area contributed by atoms with E-state index in [1.165, 1.54) is 6.08 Å². The zero-order valence-corrected chi connectivity index (χ0v) is 11.0. The molecule has 0 aromatic heterocycles. The highest BCUT2D eigenvalue weighted by Gasteiger charge is 2.04. The van der Waals surface area contributed by atoms with Gasteiger partial charge in [-0.3, -0.25) is 9.59 Å². The summed E-state index contributed by atoms with van der Waals surface area (Å²) >= 11 is 0. The SMILES string of the molecule is CCOC(=O)CCC(=O)/C=C/C=C/c1ccccc1. The summed E-state index contributed by atoms with van der Waals surface area (Å²) in [4.78, 5) is 22.5. The quantitative estimate of drug-likeness (QED) is 0.428. The van der Waals surface area contributed by atoms with Gasteiger partial charge in [-0.05, 0) is 18.6 Å². The fourth-order valence-electron chi connectivity index (χ4n) is 1.44. The van der Waals surface area contributed by atoms with Crippen molar-refractivity contribution in [2.75, 3.05) is 6.61 Å². The average molecular weight is 258 g/mol. The zero-order chi connectivity index (χ0) is 13.9. The number of carbonyl (C=O) groups is 2. The van der Waals surface area contributed by atoms with E-state index in [9.17, 15) is 9.59 Å². The molecule has 0 aliphatic rings. The van der Waals surface area contributed by atoms with Crippen LogP contribution in [0.4, 0.5) is 0 Å². The van der Waals surface area contributed by atoms with Gasteiger partial charge in [0.15, 0.2) is 5.78 Å². The van der Waals surface area contributed by atoms with Gasteiger partial charge in [-0.1, -0.05) is 48.6 Å². The van der Waals surface area contributed by atoms with Crippen molar-refractivity contribution in [1.29, 1.82) is 0 Å². The maximum atomic E-state index is 11.4. The van der Waals surface area contributed by atoms with Crippen molar-refractivity contribution in [1.82, 2.24) is 0 Å². The second kappa shape index (κ2) is 8.86. The molecule has 0 aliphatic heterocycles. The lowest BCUT2D eigenvalue weighted by atomic mass is 10.2. The van der Waals surface area contributed by atoms with E-state index >= 15 is 0 Å². The number of rotatable bonds is 7. The van der Waals surface area contributed by atoms with Crippen LogP contribution < -0.4 is 0 Å². The second-order valence-corrected chi connectivity index (χ2v) is 3.90. The van der Waals surface area contributed by atoms with Gasteiger partial charge in [-0.15, -0.1) is 0 Å². The number of hydrogen-bond acceptors (Lipinski definition) is 3. The van der Waals surface area contributed by atoms with Gasteiger partial charge >= 0.3 is 5.97 Å². The lowest BCUT2D eigenvalue weighted by molar-refractivity contribution is -0.144. The largest absolute Gasteiger partial charge is 0.466 e. The molecule has 0 unspecified atom stereocenters. The van der Waals surface area contributed by atoms with Gasteiger partial charge in [0.1, 0.15) is 0 Å². The molecule has 19 heavy (non-hydrogen) atoms. The van der Waals surface area contributed by atoms with Gasteiger partial charge in [0, 0.05) is 6.42 Å². The molecule has 0 radical (unpaired) electrons. The number of carbonyl (C=O) groups excluding carboxylic acids is 2. The number of ether oxygens (including phenoxy) is 1. The Balaban J connectivity index is 2.30. The molecular weight excluding hydrogens is 240 g/mol. The van der Waals surface area contributed by atoms with Gasteiger partial charge in [0.25, 0.3) is 0 Å². The Morgan fingerprint density at radius 2 is 1.84 bits per heavy atom. The van der Waals surface area contributed by atoms with Crippen LogP contribution in [-0.2, 0) is 14.3 Å². The first-order valence-electron chi connectivity index (χ1n) is 6.30. The molecule has 100 valence electrons. The van der Waals surface area contributed by atoms with Gasteiger partial charge < -0.3 is 4.74 Å². The molecule has 1 aromatic carbocycles. The molecule has 0 fully saturated rings. The number of allylic oxidation sites excluding steroid dienone is 3. The van der Waals surface area contributed by atoms with Crippen LogP contribution in [0, 0.1) is 0 Å². The van der Waals surface area contributed by atoms with Crippen LogP contribution in [-0.4, -0.2) is 18.4 Å². The molecule has 0 heterocycles. The number of benzene rings is 1. The Morgan fingerprint density at radius 3 is 2.53 bits per heavy atom. The van der Waals surface area contributed by atoms with Crippen molar-refractivity contribution < 1.29 is 14.3 Å². The summed E-state index contributed by atoms with van der Waals surface area (Å²) in [6.07, 6.45) is 7.19. The highest BCUT2D eigenvalue weighted by atomic mass is 16.5. The van der Waals surface area contributed by atoms with Gasteiger partial charge in [0.05, 0.1) is 13.0 Å². The lowest BCUT2D eigenvalue weighted by Gasteiger charge is -1.98. The minimum absolute atomic E-state index is 0.0780. The summed E-state index contributed by atoms with van der Waals surface area (Å²) in [5, 5.41) is 0. The van der Waals surface area contributed by atoms with Crippen molar-refractivity contribution in [2.24, 2.45) is 0 Å². The van der Waals surface area contributed by atoms with Gasteiger partial charge in [-0.2, -0.15) is 0 Å². The molecule has 0 spiro atoms. The van der Waals surface area contributed by atoms with E-state index in [1.807, 2.05) is 36.4 Å². The molecule has 3 heteroatoms. The molecule has 1 rings (SSSR count). The fraction of sp³-hybridized carbons (Fsp3) is 0.250. The summed E-state index contributed by atoms with van der Waals surface area (Å²) in [7, 11) is 0. The number of ketones is 1. The summed E-state index contributed by atoms with van der Waals surface area (Å²) in [6.45, 7) is 2.09. The predicted molar refractivity (Wildman–Crippen MR) is 75.5 cm³/mol. The minimum Gasteiger partial charge on any atom is -0.466 e. The first kappa shape index (κ1) is 14.9.